The SMILES string of the molecule is COC(=O)[C@]12c3c4c5cccc(OC)c5n3[C@@H]3C[C@H]1[C@H](CN2CC4)[C@@H](C)O3. The topological polar surface area (TPSA) is 52.9 Å². The number of fused-ring (bicyclic) bond motifs is 5. The first-order valence-electron chi connectivity index (χ1n) is 9.82. The summed E-state index contributed by atoms with van der Waals surface area (Å²) in [4.78, 5) is 15.8. The van der Waals surface area contributed by atoms with Crippen LogP contribution in [0.3, 0.4) is 0 Å². The van der Waals surface area contributed by atoms with Crippen LogP contribution < -0.4 is 4.74 Å². The van der Waals surface area contributed by atoms with Gasteiger partial charge in [-0.15, -0.1) is 0 Å². The number of carbonyl (C=O) groups excluding carboxylic acids is 1. The van der Waals surface area contributed by atoms with Gasteiger partial charge >= 0.3 is 5.97 Å². The third kappa shape index (κ3) is 1.60. The minimum absolute atomic E-state index is 0.0559. The molecule has 6 rings (SSSR count). The first-order chi connectivity index (χ1) is 13.1. The predicted octanol–water partition coefficient (Wildman–Crippen LogP) is 2.44. The molecule has 0 saturated carbocycles. The molecule has 0 unspecified atom stereocenters. The minimum Gasteiger partial charge on any atom is -0.495 e. The van der Waals surface area contributed by atoms with E-state index >= 15 is 0 Å². The summed E-state index contributed by atoms with van der Waals surface area (Å²) in [5.74, 6) is 1.32. The summed E-state index contributed by atoms with van der Waals surface area (Å²) in [6.45, 7) is 3.93. The Hall–Kier alpha value is -2.05. The van der Waals surface area contributed by atoms with E-state index in [9.17, 15) is 4.79 Å². The van der Waals surface area contributed by atoms with Gasteiger partial charge in [0.25, 0.3) is 0 Å². The van der Waals surface area contributed by atoms with Crippen molar-refractivity contribution in [1.29, 1.82) is 0 Å². The smallest absolute Gasteiger partial charge is 0.332 e. The predicted molar refractivity (Wildman–Crippen MR) is 98.6 cm³/mol. The van der Waals surface area contributed by atoms with Gasteiger partial charge in [0, 0.05) is 30.3 Å². The van der Waals surface area contributed by atoms with Crippen molar-refractivity contribution in [2.24, 2.45) is 11.8 Å². The maximum absolute atomic E-state index is 13.4. The van der Waals surface area contributed by atoms with Gasteiger partial charge in [-0.1, -0.05) is 12.1 Å². The van der Waals surface area contributed by atoms with Gasteiger partial charge in [0.05, 0.1) is 31.5 Å². The number of ether oxygens (including phenoxy) is 3. The van der Waals surface area contributed by atoms with Crippen molar-refractivity contribution in [1.82, 2.24) is 9.47 Å². The third-order valence-corrected chi connectivity index (χ3v) is 7.50. The standard InChI is InChI=1S/C21H24N2O4/c1-11-14-10-22-8-7-13-12-5-4-6-16(25-2)18(12)23-17(27-11)9-15(14)21(22,19(13)23)20(24)26-3/h4-6,11,14-15,17H,7-10H2,1-3H3/t11-,14-,15+,17+,21-/m1/s1. The number of para-hydroxylation sites is 1. The van der Waals surface area contributed by atoms with Crippen molar-refractivity contribution in [3.63, 3.8) is 0 Å². The second-order valence-electron chi connectivity index (χ2n) is 8.31. The number of methoxy groups -OCH3 is 2. The quantitative estimate of drug-likeness (QED) is 0.762. The zero-order valence-corrected chi connectivity index (χ0v) is 15.9. The molecule has 5 atom stereocenters. The van der Waals surface area contributed by atoms with Gasteiger partial charge in [0.2, 0.25) is 0 Å². The Morgan fingerprint density at radius 2 is 2.19 bits per heavy atom. The summed E-state index contributed by atoms with van der Waals surface area (Å²) in [5, 5.41) is 1.18. The van der Waals surface area contributed by atoms with E-state index in [2.05, 4.69) is 22.5 Å². The molecule has 27 heavy (non-hydrogen) atoms. The first-order valence-corrected chi connectivity index (χ1v) is 9.82. The molecule has 0 aliphatic carbocycles. The number of aromatic nitrogens is 1. The van der Waals surface area contributed by atoms with Gasteiger partial charge in [0.15, 0.2) is 5.54 Å². The molecule has 2 saturated heterocycles. The lowest BCUT2D eigenvalue weighted by Gasteiger charge is -2.51. The zero-order valence-electron chi connectivity index (χ0n) is 15.9. The highest BCUT2D eigenvalue weighted by Gasteiger charge is 2.69. The van der Waals surface area contributed by atoms with Crippen LogP contribution in [0.5, 0.6) is 5.75 Å². The second kappa shape index (κ2) is 5.06. The van der Waals surface area contributed by atoms with Gasteiger partial charge in [0.1, 0.15) is 12.0 Å². The average molecular weight is 368 g/mol. The van der Waals surface area contributed by atoms with Crippen molar-refractivity contribution in [3.8, 4) is 5.75 Å². The molecule has 1 aromatic heterocycles. The van der Waals surface area contributed by atoms with Crippen molar-refractivity contribution < 1.29 is 19.0 Å². The lowest BCUT2D eigenvalue weighted by molar-refractivity contribution is -0.178. The van der Waals surface area contributed by atoms with E-state index in [0.717, 1.165) is 42.9 Å². The molecule has 6 heteroatoms. The molecule has 2 aromatic rings. The summed E-state index contributed by atoms with van der Waals surface area (Å²) in [6.07, 6.45) is 1.84. The summed E-state index contributed by atoms with van der Waals surface area (Å²) in [5.41, 5.74) is 2.72. The Morgan fingerprint density at radius 3 is 2.96 bits per heavy atom. The molecular formula is C21H24N2O4. The fourth-order valence-corrected chi connectivity index (χ4v) is 6.57. The number of hydrogen-bond acceptors (Lipinski definition) is 5. The summed E-state index contributed by atoms with van der Waals surface area (Å²) >= 11 is 0. The van der Waals surface area contributed by atoms with E-state index in [1.54, 1.807) is 7.11 Å². The normalized spacial score (nSPS) is 36.1. The number of nitrogens with zero attached hydrogens (tertiary/aromatic N) is 2. The summed E-state index contributed by atoms with van der Waals surface area (Å²) in [7, 11) is 3.23. The Morgan fingerprint density at radius 1 is 1.33 bits per heavy atom. The highest BCUT2D eigenvalue weighted by atomic mass is 16.5. The Bertz CT molecular complexity index is 982. The fraction of sp³-hybridized carbons (Fsp3) is 0.571. The van der Waals surface area contributed by atoms with Crippen LogP contribution in [0.4, 0.5) is 0 Å². The van der Waals surface area contributed by atoms with Gasteiger partial charge in [-0.3, -0.25) is 4.90 Å². The highest BCUT2D eigenvalue weighted by Crippen LogP contribution is 2.62. The van der Waals surface area contributed by atoms with Gasteiger partial charge in [-0.2, -0.15) is 0 Å². The van der Waals surface area contributed by atoms with Gasteiger partial charge in [-0.05, 0) is 31.4 Å². The minimum atomic E-state index is -0.689. The van der Waals surface area contributed by atoms with Crippen molar-refractivity contribution >= 4 is 16.9 Å². The van der Waals surface area contributed by atoms with Crippen LogP contribution in [0.1, 0.15) is 30.8 Å². The Balaban J connectivity index is 1.79. The molecule has 142 valence electrons. The van der Waals surface area contributed by atoms with Crippen LogP contribution in [0.25, 0.3) is 10.9 Å². The van der Waals surface area contributed by atoms with Crippen molar-refractivity contribution in [2.45, 2.75) is 37.6 Å². The van der Waals surface area contributed by atoms with Crippen LogP contribution in [0.15, 0.2) is 18.2 Å². The lowest BCUT2D eigenvalue weighted by atomic mass is 9.68. The van der Waals surface area contributed by atoms with E-state index in [1.807, 2.05) is 12.1 Å². The largest absolute Gasteiger partial charge is 0.495 e. The molecule has 0 spiro atoms. The van der Waals surface area contributed by atoms with Gasteiger partial charge in [-0.25, -0.2) is 4.79 Å². The number of carbonyl (C=O) groups is 1. The number of rotatable bonds is 2. The molecule has 0 radical (unpaired) electrons. The molecule has 2 fully saturated rings. The third-order valence-electron chi connectivity index (χ3n) is 7.50. The summed E-state index contributed by atoms with van der Waals surface area (Å²) < 4.78 is 19.9. The number of esters is 1. The molecular weight excluding hydrogens is 344 g/mol. The Labute approximate surface area is 158 Å². The molecule has 5 heterocycles. The fourth-order valence-electron chi connectivity index (χ4n) is 6.57. The van der Waals surface area contributed by atoms with Crippen LogP contribution >= 0.6 is 0 Å². The first kappa shape index (κ1) is 16.0. The molecule has 6 nitrogen and oxygen atoms in total. The molecule has 2 bridgehead atoms. The van der Waals surface area contributed by atoms with Crippen LogP contribution in [0, 0.1) is 11.8 Å². The van der Waals surface area contributed by atoms with Crippen molar-refractivity contribution in [3.05, 3.63) is 29.5 Å². The van der Waals surface area contributed by atoms with E-state index in [-0.39, 0.29) is 24.2 Å². The average Bonchev–Trinajstić information content (AvgIpc) is 3.21. The lowest BCUT2D eigenvalue weighted by Crippen LogP contribution is -2.60. The zero-order chi connectivity index (χ0) is 18.5. The maximum atomic E-state index is 13.4. The van der Waals surface area contributed by atoms with E-state index in [4.69, 9.17) is 14.2 Å². The summed E-state index contributed by atoms with van der Waals surface area (Å²) in [6, 6.07) is 6.18. The maximum Gasteiger partial charge on any atom is 0.332 e. The molecule has 4 aliphatic heterocycles. The van der Waals surface area contributed by atoms with Crippen LogP contribution in [-0.4, -0.2) is 48.8 Å². The molecule has 0 N–H and O–H groups in total. The van der Waals surface area contributed by atoms with E-state index in [0.29, 0.717) is 5.92 Å². The van der Waals surface area contributed by atoms with Crippen molar-refractivity contribution in [2.75, 3.05) is 27.3 Å². The van der Waals surface area contributed by atoms with E-state index < -0.39 is 5.54 Å². The highest BCUT2D eigenvalue weighted by molar-refractivity contribution is 5.95. The van der Waals surface area contributed by atoms with Crippen LogP contribution in [-0.2, 0) is 26.2 Å². The Kier molecular flexibility index (Phi) is 2.99. The second-order valence-corrected chi connectivity index (χ2v) is 8.31. The van der Waals surface area contributed by atoms with Crippen LogP contribution in [0.2, 0.25) is 0 Å². The van der Waals surface area contributed by atoms with Gasteiger partial charge < -0.3 is 18.8 Å². The number of hydrogen-bond donors (Lipinski definition) is 0. The van der Waals surface area contributed by atoms with E-state index in [1.165, 1.54) is 18.1 Å². The molecule has 4 aliphatic rings. The monoisotopic (exact) mass is 368 g/mol. The molecule has 0 amide bonds. The number of benzene rings is 1. The molecule has 1 aromatic carbocycles.